The van der Waals surface area contributed by atoms with Crippen LogP contribution in [0.25, 0.3) is 10.9 Å². The molecule has 1 aliphatic rings. The molecule has 6 heteroatoms. The molecule has 0 amide bonds. The summed E-state index contributed by atoms with van der Waals surface area (Å²) in [7, 11) is 0. The van der Waals surface area contributed by atoms with Gasteiger partial charge in [-0.05, 0) is 55.2 Å². The minimum atomic E-state index is -0.401. The van der Waals surface area contributed by atoms with Crippen molar-refractivity contribution in [3.8, 4) is 5.75 Å². The standard InChI is InChI=1S/C21H21N3O3/c25-24(26)18-10-7-16(8-11-18)15-27-19-6-4-5-17-9-12-20(22-21(17)19)23-13-2-1-3-14-23/h4-12H,1-3,13-15H2. The van der Waals surface area contributed by atoms with Crippen LogP contribution in [-0.4, -0.2) is 23.0 Å². The number of ether oxygens (including phenoxy) is 1. The Balaban J connectivity index is 1.56. The van der Waals surface area contributed by atoms with E-state index >= 15 is 0 Å². The summed E-state index contributed by atoms with van der Waals surface area (Å²) in [6, 6.07) is 16.5. The topological polar surface area (TPSA) is 68.5 Å². The van der Waals surface area contributed by atoms with Gasteiger partial charge in [-0.25, -0.2) is 4.98 Å². The summed E-state index contributed by atoms with van der Waals surface area (Å²) in [6.45, 7) is 2.43. The van der Waals surface area contributed by atoms with Crippen molar-refractivity contribution in [2.45, 2.75) is 25.9 Å². The van der Waals surface area contributed by atoms with Crippen LogP contribution in [0, 0.1) is 10.1 Å². The molecule has 2 heterocycles. The van der Waals surface area contributed by atoms with Gasteiger partial charge in [0.25, 0.3) is 5.69 Å². The molecule has 27 heavy (non-hydrogen) atoms. The maximum Gasteiger partial charge on any atom is 0.269 e. The lowest BCUT2D eigenvalue weighted by atomic mass is 10.1. The number of nitrogens with zero attached hydrogens (tertiary/aromatic N) is 3. The zero-order valence-electron chi connectivity index (χ0n) is 15.0. The molecule has 0 radical (unpaired) electrons. The van der Waals surface area contributed by atoms with Crippen molar-refractivity contribution in [2.24, 2.45) is 0 Å². The van der Waals surface area contributed by atoms with Gasteiger partial charge in [-0.3, -0.25) is 10.1 Å². The summed E-state index contributed by atoms with van der Waals surface area (Å²) in [6.07, 6.45) is 3.70. The number of fused-ring (bicyclic) bond motifs is 1. The Morgan fingerprint density at radius 3 is 2.52 bits per heavy atom. The summed E-state index contributed by atoms with van der Waals surface area (Å²) in [5.41, 5.74) is 1.81. The molecule has 1 fully saturated rings. The summed E-state index contributed by atoms with van der Waals surface area (Å²) in [5, 5.41) is 11.8. The molecule has 4 rings (SSSR count). The number of para-hydroxylation sites is 1. The Labute approximate surface area is 157 Å². The number of aromatic nitrogens is 1. The highest BCUT2D eigenvalue weighted by Crippen LogP contribution is 2.28. The summed E-state index contributed by atoms with van der Waals surface area (Å²) in [4.78, 5) is 17.6. The third kappa shape index (κ3) is 3.84. The number of benzene rings is 2. The van der Waals surface area contributed by atoms with Gasteiger partial charge in [0.05, 0.1) is 4.92 Å². The van der Waals surface area contributed by atoms with Gasteiger partial charge < -0.3 is 9.64 Å². The molecular weight excluding hydrogens is 342 g/mol. The summed E-state index contributed by atoms with van der Waals surface area (Å²) < 4.78 is 6.00. The first-order valence-electron chi connectivity index (χ1n) is 9.21. The second-order valence-corrected chi connectivity index (χ2v) is 6.76. The number of piperidine rings is 1. The highest BCUT2D eigenvalue weighted by Gasteiger charge is 2.14. The van der Waals surface area contributed by atoms with E-state index in [0.717, 1.165) is 41.1 Å². The fraction of sp³-hybridized carbons (Fsp3) is 0.286. The fourth-order valence-electron chi connectivity index (χ4n) is 3.40. The van der Waals surface area contributed by atoms with Crippen molar-refractivity contribution in [3.63, 3.8) is 0 Å². The van der Waals surface area contributed by atoms with Gasteiger partial charge in [-0.2, -0.15) is 0 Å². The predicted octanol–water partition coefficient (Wildman–Crippen LogP) is 4.71. The van der Waals surface area contributed by atoms with Crippen LogP contribution in [0.1, 0.15) is 24.8 Å². The van der Waals surface area contributed by atoms with Crippen molar-refractivity contribution in [2.75, 3.05) is 18.0 Å². The lowest BCUT2D eigenvalue weighted by Crippen LogP contribution is -2.30. The van der Waals surface area contributed by atoms with E-state index in [1.807, 2.05) is 18.2 Å². The minimum Gasteiger partial charge on any atom is -0.487 e. The largest absolute Gasteiger partial charge is 0.487 e. The van der Waals surface area contributed by atoms with Crippen LogP contribution in [-0.2, 0) is 6.61 Å². The zero-order valence-corrected chi connectivity index (χ0v) is 15.0. The second kappa shape index (κ2) is 7.61. The van der Waals surface area contributed by atoms with Crippen molar-refractivity contribution >= 4 is 22.4 Å². The number of anilines is 1. The number of hydrogen-bond donors (Lipinski definition) is 0. The average Bonchev–Trinajstić information content (AvgIpc) is 2.72. The molecule has 0 N–H and O–H groups in total. The van der Waals surface area contributed by atoms with Crippen LogP contribution < -0.4 is 9.64 Å². The predicted molar refractivity (Wildman–Crippen MR) is 105 cm³/mol. The molecule has 1 aliphatic heterocycles. The van der Waals surface area contributed by atoms with Crippen LogP contribution >= 0.6 is 0 Å². The van der Waals surface area contributed by atoms with E-state index in [4.69, 9.17) is 9.72 Å². The van der Waals surface area contributed by atoms with E-state index < -0.39 is 4.92 Å². The SMILES string of the molecule is O=[N+]([O-])c1ccc(COc2cccc3ccc(N4CCCCC4)nc23)cc1. The third-order valence-corrected chi connectivity index (χ3v) is 4.89. The van der Waals surface area contributed by atoms with Gasteiger partial charge in [0, 0.05) is 30.6 Å². The number of pyridine rings is 1. The van der Waals surface area contributed by atoms with Crippen LogP contribution in [0.5, 0.6) is 5.75 Å². The third-order valence-electron chi connectivity index (χ3n) is 4.89. The van der Waals surface area contributed by atoms with Gasteiger partial charge in [-0.15, -0.1) is 0 Å². The number of hydrogen-bond acceptors (Lipinski definition) is 5. The van der Waals surface area contributed by atoms with Gasteiger partial charge in [0.15, 0.2) is 0 Å². The number of nitro groups is 1. The van der Waals surface area contributed by atoms with E-state index in [1.54, 1.807) is 12.1 Å². The molecule has 2 aromatic carbocycles. The molecule has 3 aromatic rings. The first-order valence-corrected chi connectivity index (χ1v) is 9.21. The molecule has 0 aliphatic carbocycles. The molecule has 0 saturated carbocycles. The van der Waals surface area contributed by atoms with Crippen LogP contribution in [0.2, 0.25) is 0 Å². The first kappa shape index (κ1) is 17.3. The van der Waals surface area contributed by atoms with Crippen LogP contribution in [0.4, 0.5) is 11.5 Å². The molecule has 1 aromatic heterocycles. The molecule has 0 spiro atoms. The molecule has 0 bridgehead atoms. The van der Waals surface area contributed by atoms with E-state index in [9.17, 15) is 10.1 Å². The summed E-state index contributed by atoms with van der Waals surface area (Å²) >= 11 is 0. The molecule has 1 saturated heterocycles. The van der Waals surface area contributed by atoms with E-state index in [2.05, 4.69) is 17.0 Å². The minimum absolute atomic E-state index is 0.0803. The highest BCUT2D eigenvalue weighted by atomic mass is 16.6. The van der Waals surface area contributed by atoms with E-state index in [0.29, 0.717) is 6.61 Å². The Hall–Kier alpha value is -3.15. The molecule has 138 valence electrons. The zero-order chi connectivity index (χ0) is 18.6. The van der Waals surface area contributed by atoms with Crippen molar-refractivity contribution < 1.29 is 9.66 Å². The Bertz CT molecular complexity index is 951. The van der Waals surface area contributed by atoms with Gasteiger partial charge in [-0.1, -0.05) is 12.1 Å². The normalized spacial score (nSPS) is 14.3. The van der Waals surface area contributed by atoms with Crippen LogP contribution in [0.15, 0.2) is 54.6 Å². The number of nitro benzene ring substituents is 1. The lowest BCUT2D eigenvalue weighted by Gasteiger charge is -2.28. The Morgan fingerprint density at radius 1 is 1.00 bits per heavy atom. The van der Waals surface area contributed by atoms with E-state index in [-0.39, 0.29) is 5.69 Å². The van der Waals surface area contributed by atoms with Crippen molar-refractivity contribution in [1.29, 1.82) is 0 Å². The van der Waals surface area contributed by atoms with Gasteiger partial charge >= 0.3 is 0 Å². The highest BCUT2D eigenvalue weighted by molar-refractivity contribution is 5.86. The summed E-state index contributed by atoms with van der Waals surface area (Å²) in [5.74, 6) is 1.72. The maximum absolute atomic E-state index is 10.8. The van der Waals surface area contributed by atoms with Crippen molar-refractivity contribution in [1.82, 2.24) is 4.98 Å². The molecule has 0 unspecified atom stereocenters. The average molecular weight is 363 g/mol. The first-order chi connectivity index (χ1) is 13.2. The molecule has 0 atom stereocenters. The lowest BCUT2D eigenvalue weighted by molar-refractivity contribution is -0.384. The second-order valence-electron chi connectivity index (χ2n) is 6.76. The monoisotopic (exact) mass is 363 g/mol. The van der Waals surface area contributed by atoms with Crippen LogP contribution in [0.3, 0.4) is 0 Å². The molecular formula is C21H21N3O3. The Kier molecular flexibility index (Phi) is 4.87. The quantitative estimate of drug-likeness (QED) is 0.485. The molecule has 6 nitrogen and oxygen atoms in total. The fourth-order valence-corrected chi connectivity index (χ4v) is 3.40. The smallest absolute Gasteiger partial charge is 0.269 e. The van der Waals surface area contributed by atoms with Crippen molar-refractivity contribution in [3.05, 3.63) is 70.3 Å². The number of rotatable bonds is 5. The maximum atomic E-state index is 10.8. The van der Waals surface area contributed by atoms with Gasteiger partial charge in [0.1, 0.15) is 23.7 Å². The number of non-ortho nitro benzene ring substituents is 1. The van der Waals surface area contributed by atoms with E-state index in [1.165, 1.54) is 31.4 Å². The van der Waals surface area contributed by atoms with Gasteiger partial charge in [0.2, 0.25) is 0 Å². The Morgan fingerprint density at radius 2 is 1.78 bits per heavy atom.